The first-order chi connectivity index (χ1) is 14.2. The second-order valence-electron chi connectivity index (χ2n) is 6.96. The van der Waals surface area contributed by atoms with Gasteiger partial charge in [0.15, 0.2) is 11.5 Å². The molecule has 5 nitrogen and oxygen atoms in total. The number of hydrogen-bond donors (Lipinski definition) is 1. The molecule has 0 aliphatic carbocycles. The van der Waals surface area contributed by atoms with Crippen LogP contribution >= 0.6 is 11.8 Å². The highest BCUT2D eigenvalue weighted by Crippen LogP contribution is 2.36. The van der Waals surface area contributed by atoms with E-state index < -0.39 is 0 Å². The number of benzene rings is 2. The maximum atomic E-state index is 5.74. The molecule has 0 spiro atoms. The molecule has 29 heavy (non-hydrogen) atoms. The van der Waals surface area contributed by atoms with Crippen molar-refractivity contribution in [1.82, 2.24) is 9.38 Å². The summed E-state index contributed by atoms with van der Waals surface area (Å²) in [6.45, 7) is 3.24. The molecule has 0 saturated heterocycles. The van der Waals surface area contributed by atoms with Gasteiger partial charge in [-0.2, -0.15) is 0 Å². The predicted molar refractivity (Wildman–Crippen MR) is 118 cm³/mol. The summed E-state index contributed by atoms with van der Waals surface area (Å²) in [5.41, 5.74) is 4.99. The highest BCUT2D eigenvalue weighted by atomic mass is 32.2. The molecule has 0 radical (unpaired) electrons. The van der Waals surface area contributed by atoms with Crippen LogP contribution in [-0.4, -0.2) is 28.9 Å². The van der Waals surface area contributed by atoms with Gasteiger partial charge in [-0.1, -0.05) is 18.2 Å². The van der Waals surface area contributed by atoms with Crippen molar-refractivity contribution in [3.63, 3.8) is 0 Å². The van der Waals surface area contributed by atoms with Crippen LogP contribution in [0.15, 0.2) is 65.7 Å². The van der Waals surface area contributed by atoms with Crippen molar-refractivity contribution in [2.45, 2.75) is 11.8 Å². The first-order valence-corrected chi connectivity index (χ1v) is 10.7. The van der Waals surface area contributed by atoms with Gasteiger partial charge in [-0.05, 0) is 49.1 Å². The third-order valence-corrected chi connectivity index (χ3v) is 5.68. The fraction of sp³-hybridized carbons (Fsp3) is 0.174. The third-order valence-electron chi connectivity index (χ3n) is 4.93. The standard InChI is InChI=1S/C23H21N3O2S/c1-15-3-10-21-25-22(16-4-7-18(29-2)8-5-16)23(26(21)14-15)24-17-6-9-19-20(13-17)28-12-11-27-19/h3-10,13-14,24H,11-12H2,1-2H3. The second-order valence-corrected chi connectivity index (χ2v) is 7.84. The number of aryl methyl sites for hydroxylation is 1. The Bertz CT molecular complexity index is 1180. The largest absolute Gasteiger partial charge is 0.486 e. The van der Waals surface area contributed by atoms with Crippen molar-refractivity contribution < 1.29 is 9.47 Å². The SMILES string of the molecule is CSc1ccc(-c2nc3ccc(C)cn3c2Nc2ccc3c(c2)OCCO3)cc1. The van der Waals surface area contributed by atoms with Gasteiger partial charge in [-0.15, -0.1) is 11.8 Å². The van der Waals surface area contributed by atoms with E-state index in [0.717, 1.165) is 39.9 Å². The van der Waals surface area contributed by atoms with E-state index in [9.17, 15) is 0 Å². The van der Waals surface area contributed by atoms with E-state index in [1.807, 2.05) is 24.3 Å². The fourth-order valence-corrected chi connectivity index (χ4v) is 3.89. The molecule has 0 fully saturated rings. The highest BCUT2D eigenvalue weighted by molar-refractivity contribution is 7.98. The van der Waals surface area contributed by atoms with Crippen LogP contribution in [0.1, 0.15) is 5.56 Å². The molecule has 0 saturated carbocycles. The highest BCUT2D eigenvalue weighted by Gasteiger charge is 2.17. The van der Waals surface area contributed by atoms with Crippen LogP contribution in [0.25, 0.3) is 16.9 Å². The summed E-state index contributed by atoms with van der Waals surface area (Å²) in [5.74, 6) is 2.47. The minimum Gasteiger partial charge on any atom is -0.486 e. The predicted octanol–water partition coefficient (Wildman–Crippen LogP) is 5.55. The van der Waals surface area contributed by atoms with Gasteiger partial charge in [0.1, 0.15) is 30.4 Å². The lowest BCUT2D eigenvalue weighted by atomic mass is 10.1. The van der Waals surface area contributed by atoms with E-state index in [4.69, 9.17) is 14.5 Å². The number of imidazole rings is 1. The maximum Gasteiger partial charge on any atom is 0.163 e. The Labute approximate surface area is 173 Å². The van der Waals surface area contributed by atoms with Crippen LogP contribution in [-0.2, 0) is 0 Å². The Morgan fingerprint density at radius 3 is 2.55 bits per heavy atom. The molecular formula is C23H21N3O2S. The molecule has 0 amide bonds. The summed E-state index contributed by atoms with van der Waals surface area (Å²) in [6.07, 6.45) is 4.18. The lowest BCUT2D eigenvalue weighted by Gasteiger charge is -2.19. The smallest absolute Gasteiger partial charge is 0.163 e. The van der Waals surface area contributed by atoms with E-state index in [-0.39, 0.29) is 0 Å². The molecule has 6 heteroatoms. The number of nitrogens with one attached hydrogen (secondary N) is 1. The molecule has 2 aromatic heterocycles. The first kappa shape index (κ1) is 17.9. The topological polar surface area (TPSA) is 47.8 Å². The summed E-state index contributed by atoms with van der Waals surface area (Å²) in [4.78, 5) is 6.13. The van der Waals surface area contributed by atoms with Gasteiger partial charge in [0.25, 0.3) is 0 Å². The molecule has 5 rings (SSSR count). The van der Waals surface area contributed by atoms with Gasteiger partial charge in [0.05, 0.1) is 0 Å². The molecule has 3 heterocycles. The number of rotatable bonds is 4. The van der Waals surface area contributed by atoms with Crippen LogP contribution in [0, 0.1) is 6.92 Å². The summed E-state index contributed by atoms with van der Waals surface area (Å²) >= 11 is 1.73. The first-order valence-electron chi connectivity index (χ1n) is 9.51. The van der Waals surface area contributed by atoms with Crippen molar-refractivity contribution >= 4 is 28.9 Å². The molecule has 2 aromatic carbocycles. The minimum absolute atomic E-state index is 0.568. The van der Waals surface area contributed by atoms with Gasteiger partial charge >= 0.3 is 0 Å². The molecule has 0 bridgehead atoms. The lowest BCUT2D eigenvalue weighted by Crippen LogP contribution is -2.15. The van der Waals surface area contributed by atoms with E-state index in [0.29, 0.717) is 13.2 Å². The summed E-state index contributed by atoms with van der Waals surface area (Å²) in [5, 5.41) is 3.56. The maximum absolute atomic E-state index is 5.74. The van der Waals surface area contributed by atoms with Crippen LogP contribution < -0.4 is 14.8 Å². The molecule has 0 unspecified atom stereocenters. The zero-order valence-corrected chi connectivity index (χ0v) is 17.1. The number of ether oxygens (including phenoxy) is 2. The zero-order chi connectivity index (χ0) is 19.8. The normalized spacial score (nSPS) is 12.9. The second kappa shape index (κ2) is 7.37. The van der Waals surface area contributed by atoms with Crippen molar-refractivity contribution in [1.29, 1.82) is 0 Å². The lowest BCUT2D eigenvalue weighted by molar-refractivity contribution is 0.171. The van der Waals surface area contributed by atoms with E-state index >= 15 is 0 Å². The van der Waals surface area contributed by atoms with E-state index in [2.05, 4.69) is 59.4 Å². The number of nitrogens with zero attached hydrogens (tertiary/aromatic N) is 2. The summed E-state index contributed by atoms with van der Waals surface area (Å²) < 4.78 is 13.5. The quantitative estimate of drug-likeness (QED) is 0.453. The Morgan fingerprint density at radius 1 is 0.966 bits per heavy atom. The van der Waals surface area contributed by atoms with Crippen LogP contribution in [0.3, 0.4) is 0 Å². The molecular weight excluding hydrogens is 382 g/mol. The summed E-state index contributed by atoms with van der Waals surface area (Å²) in [6, 6.07) is 18.5. The number of anilines is 2. The average molecular weight is 404 g/mol. The number of thioether (sulfide) groups is 1. The van der Waals surface area contributed by atoms with Crippen LogP contribution in [0.4, 0.5) is 11.5 Å². The van der Waals surface area contributed by atoms with Crippen molar-refractivity contribution in [2.24, 2.45) is 0 Å². The van der Waals surface area contributed by atoms with Crippen LogP contribution in [0.5, 0.6) is 11.5 Å². The molecule has 0 atom stereocenters. The molecule has 1 N–H and O–H groups in total. The Kier molecular flexibility index (Phi) is 4.56. The number of pyridine rings is 1. The summed E-state index contributed by atoms with van der Waals surface area (Å²) in [7, 11) is 0. The molecule has 1 aliphatic heterocycles. The molecule has 1 aliphatic rings. The van der Waals surface area contributed by atoms with Gasteiger partial charge in [0.2, 0.25) is 0 Å². The van der Waals surface area contributed by atoms with Crippen LogP contribution in [0.2, 0.25) is 0 Å². The van der Waals surface area contributed by atoms with Gasteiger partial charge < -0.3 is 14.8 Å². The Balaban J connectivity index is 1.61. The number of hydrogen-bond acceptors (Lipinski definition) is 5. The monoisotopic (exact) mass is 403 g/mol. The average Bonchev–Trinajstić information content (AvgIpc) is 3.11. The van der Waals surface area contributed by atoms with Crippen molar-refractivity contribution in [3.05, 3.63) is 66.4 Å². The zero-order valence-electron chi connectivity index (χ0n) is 16.3. The minimum atomic E-state index is 0.568. The van der Waals surface area contributed by atoms with Crippen molar-refractivity contribution in [2.75, 3.05) is 24.8 Å². The number of fused-ring (bicyclic) bond motifs is 2. The number of aromatic nitrogens is 2. The van der Waals surface area contributed by atoms with Crippen molar-refractivity contribution in [3.8, 4) is 22.8 Å². The Hall–Kier alpha value is -3.12. The van der Waals surface area contributed by atoms with Gasteiger partial charge in [0, 0.05) is 28.4 Å². The Morgan fingerprint density at radius 2 is 1.76 bits per heavy atom. The van der Waals surface area contributed by atoms with Gasteiger partial charge in [-0.3, -0.25) is 4.40 Å². The molecule has 4 aromatic rings. The molecule has 146 valence electrons. The van der Waals surface area contributed by atoms with E-state index in [1.54, 1.807) is 11.8 Å². The van der Waals surface area contributed by atoms with Gasteiger partial charge in [-0.25, -0.2) is 4.98 Å². The van der Waals surface area contributed by atoms with E-state index in [1.165, 1.54) is 10.5 Å². The third kappa shape index (κ3) is 3.40. The fourth-order valence-electron chi connectivity index (χ4n) is 3.48.